The Morgan fingerprint density at radius 2 is 1.77 bits per heavy atom. The van der Waals surface area contributed by atoms with Crippen LogP contribution in [0.3, 0.4) is 0 Å². The number of ether oxygens (including phenoxy) is 1. The molecule has 1 fully saturated rings. The molecule has 1 aliphatic rings. The number of benzene rings is 1. The molecule has 0 radical (unpaired) electrons. The van der Waals surface area contributed by atoms with Crippen molar-refractivity contribution in [3.05, 3.63) is 35.5 Å². The van der Waals surface area contributed by atoms with E-state index in [4.69, 9.17) is 15.6 Å². The van der Waals surface area contributed by atoms with E-state index >= 15 is 0 Å². The minimum atomic E-state index is -1.46. The first-order valence-corrected chi connectivity index (χ1v) is 9.23. The maximum absolute atomic E-state index is 11.3. The molecule has 122 valence electrons. The molecule has 1 saturated carbocycles. The van der Waals surface area contributed by atoms with Crippen molar-refractivity contribution in [2.45, 2.75) is 50.3 Å². The molecule has 0 heterocycles. The van der Waals surface area contributed by atoms with Gasteiger partial charge in [-0.3, -0.25) is 0 Å². The summed E-state index contributed by atoms with van der Waals surface area (Å²) in [6, 6.07) is 7.30. The van der Waals surface area contributed by atoms with Crippen molar-refractivity contribution in [2.75, 3.05) is 6.61 Å². The minimum Gasteiger partial charge on any atom is -0.491 e. The summed E-state index contributed by atoms with van der Waals surface area (Å²) in [6.07, 6.45) is 7.32. The maximum Gasteiger partial charge on any atom is 0.145 e. The Morgan fingerprint density at radius 3 is 2.27 bits per heavy atom. The second-order valence-corrected chi connectivity index (χ2v) is 6.79. The van der Waals surface area contributed by atoms with Crippen molar-refractivity contribution < 1.29 is 8.95 Å². The maximum atomic E-state index is 11.3. The molecule has 0 aromatic heterocycles. The van der Waals surface area contributed by atoms with E-state index in [9.17, 15) is 4.21 Å². The summed E-state index contributed by atoms with van der Waals surface area (Å²) in [5.74, 6) is 1.16. The first-order chi connectivity index (χ1) is 10.6. The van der Waals surface area contributed by atoms with Gasteiger partial charge in [0.15, 0.2) is 0 Å². The Hall–Kier alpha value is -1.33. The van der Waals surface area contributed by atoms with E-state index in [1.54, 1.807) is 12.1 Å². The third-order valence-corrected chi connectivity index (χ3v) is 4.93. The molecule has 0 spiro atoms. The fraction of sp³-hybridized carbons (Fsp3) is 0.529. The molecule has 0 amide bonds. The number of nitrogens with two attached hydrogens (primary N) is 2. The van der Waals surface area contributed by atoms with E-state index in [0.29, 0.717) is 17.4 Å². The SMILES string of the molecule is CCO/C(=C(\N)C1CCCCCC1)c1ccc(S(N)=O)cc1. The molecule has 22 heavy (non-hydrogen) atoms. The van der Waals surface area contributed by atoms with Gasteiger partial charge in [-0.05, 0) is 44.0 Å². The highest BCUT2D eigenvalue weighted by atomic mass is 32.2. The van der Waals surface area contributed by atoms with Gasteiger partial charge in [-0.1, -0.05) is 25.7 Å². The fourth-order valence-electron chi connectivity index (χ4n) is 2.99. The van der Waals surface area contributed by atoms with Crippen molar-refractivity contribution in [2.24, 2.45) is 16.8 Å². The quantitative estimate of drug-likeness (QED) is 0.645. The molecule has 1 aromatic carbocycles. The van der Waals surface area contributed by atoms with Gasteiger partial charge in [-0.15, -0.1) is 0 Å². The van der Waals surface area contributed by atoms with Crippen LogP contribution in [0.15, 0.2) is 34.9 Å². The van der Waals surface area contributed by atoms with Crippen molar-refractivity contribution >= 4 is 16.7 Å². The van der Waals surface area contributed by atoms with Gasteiger partial charge in [0.25, 0.3) is 0 Å². The second-order valence-electron chi connectivity index (χ2n) is 5.73. The van der Waals surface area contributed by atoms with E-state index in [1.807, 2.05) is 19.1 Å². The largest absolute Gasteiger partial charge is 0.491 e. The first-order valence-electron chi connectivity index (χ1n) is 8.02. The van der Waals surface area contributed by atoms with E-state index < -0.39 is 11.0 Å². The molecular formula is C17H26N2O2S. The minimum absolute atomic E-state index is 0.396. The van der Waals surface area contributed by atoms with Crippen LogP contribution in [0.25, 0.3) is 5.76 Å². The van der Waals surface area contributed by atoms with Crippen LogP contribution >= 0.6 is 0 Å². The average molecular weight is 322 g/mol. The van der Waals surface area contributed by atoms with E-state index in [-0.39, 0.29) is 0 Å². The lowest BCUT2D eigenvalue weighted by molar-refractivity contribution is 0.290. The van der Waals surface area contributed by atoms with Gasteiger partial charge in [0, 0.05) is 11.5 Å². The molecule has 4 N–H and O–H groups in total. The van der Waals surface area contributed by atoms with Gasteiger partial charge >= 0.3 is 0 Å². The van der Waals surface area contributed by atoms with E-state index in [0.717, 1.165) is 29.9 Å². The standard InChI is InChI=1S/C17H26N2O2S/c1-2-21-17(14-9-11-15(12-10-14)22(19)20)16(18)13-7-5-3-4-6-8-13/h9-13H,2-8,18-19H2,1H3/b17-16-. The Morgan fingerprint density at radius 1 is 1.18 bits per heavy atom. The smallest absolute Gasteiger partial charge is 0.145 e. The van der Waals surface area contributed by atoms with Gasteiger partial charge in [-0.25, -0.2) is 9.35 Å². The first kappa shape index (κ1) is 17.0. The molecule has 1 aliphatic carbocycles. The summed E-state index contributed by atoms with van der Waals surface area (Å²) >= 11 is 0. The topological polar surface area (TPSA) is 78.3 Å². The van der Waals surface area contributed by atoms with Gasteiger partial charge in [0.2, 0.25) is 0 Å². The van der Waals surface area contributed by atoms with Crippen LogP contribution in [-0.2, 0) is 15.7 Å². The van der Waals surface area contributed by atoms with Crippen molar-refractivity contribution in [1.82, 2.24) is 0 Å². The van der Waals surface area contributed by atoms with Crippen LogP contribution in [0.2, 0.25) is 0 Å². The predicted molar refractivity (Wildman–Crippen MR) is 91.0 cm³/mol. The molecular weight excluding hydrogens is 296 g/mol. The van der Waals surface area contributed by atoms with E-state index in [1.165, 1.54) is 25.7 Å². The fourth-order valence-corrected chi connectivity index (χ4v) is 3.40. The Kier molecular flexibility index (Phi) is 6.46. The van der Waals surface area contributed by atoms with Crippen molar-refractivity contribution in [3.8, 4) is 0 Å². The number of hydrogen-bond donors (Lipinski definition) is 2. The zero-order valence-electron chi connectivity index (χ0n) is 13.2. The molecule has 2 rings (SSSR count). The van der Waals surface area contributed by atoms with Crippen LogP contribution in [0.4, 0.5) is 0 Å². The molecule has 1 unspecified atom stereocenters. The molecule has 1 atom stereocenters. The Balaban J connectivity index is 2.30. The molecule has 0 aliphatic heterocycles. The molecule has 1 aromatic rings. The third-order valence-electron chi connectivity index (χ3n) is 4.19. The number of hydrogen-bond acceptors (Lipinski definition) is 3. The monoisotopic (exact) mass is 322 g/mol. The molecule has 5 heteroatoms. The van der Waals surface area contributed by atoms with Crippen LogP contribution < -0.4 is 10.9 Å². The summed E-state index contributed by atoms with van der Waals surface area (Å²) in [7, 11) is -1.46. The van der Waals surface area contributed by atoms with E-state index in [2.05, 4.69) is 0 Å². The Bertz CT molecular complexity index is 532. The highest BCUT2D eigenvalue weighted by Crippen LogP contribution is 2.31. The number of rotatable bonds is 5. The summed E-state index contributed by atoms with van der Waals surface area (Å²) in [6.45, 7) is 2.54. The van der Waals surface area contributed by atoms with Crippen LogP contribution in [0.5, 0.6) is 0 Å². The summed E-state index contributed by atoms with van der Waals surface area (Å²) in [5, 5.41) is 5.40. The summed E-state index contributed by atoms with van der Waals surface area (Å²) < 4.78 is 17.1. The predicted octanol–water partition coefficient (Wildman–Crippen LogP) is 3.30. The van der Waals surface area contributed by atoms with Crippen LogP contribution in [-0.4, -0.2) is 10.8 Å². The van der Waals surface area contributed by atoms with Crippen LogP contribution in [0.1, 0.15) is 51.0 Å². The lowest BCUT2D eigenvalue weighted by Crippen LogP contribution is -2.15. The summed E-state index contributed by atoms with van der Waals surface area (Å²) in [4.78, 5) is 0.604. The second kappa shape index (κ2) is 8.34. The normalized spacial score (nSPS) is 19.2. The lowest BCUT2D eigenvalue weighted by Gasteiger charge is -2.20. The lowest BCUT2D eigenvalue weighted by atomic mass is 9.94. The third kappa shape index (κ3) is 4.34. The van der Waals surface area contributed by atoms with Gasteiger partial charge in [0.05, 0.1) is 17.2 Å². The molecule has 0 bridgehead atoms. The van der Waals surface area contributed by atoms with Crippen LogP contribution in [0, 0.1) is 5.92 Å². The van der Waals surface area contributed by atoms with Crippen molar-refractivity contribution in [3.63, 3.8) is 0 Å². The number of allylic oxidation sites excluding steroid dienone is 1. The molecule has 4 nitrogen and oxygen atoms in total. The average Bonchev–Trinajstić information content (AvgIpc) is 2.81. The molecule has 0 saturated heterocycles. The van der Waals surface area contributed by atoms with Gasteiger partial charge in [-0.2, -0.15) is 0 Å². The van der Waals surface area contributed by atoms with Gasteiger partial charge in [0.1, 0.15) is 16.7 Å². The zero-order chi connectivity index (χ0) is 15.9. The van der Waals surface area contributed by atoms with Crippen molar-refractivity contribution in [1.29, 1.82) is 0 Å². The highest BCUT2D eigenvalue weighted by Gasteiger charge is 2.20. The Labute approximate surface area is 135 Å². The van der Waals surface area contributed by atoms with Gasteiger partial charge < -0.3 is 10.5 Å². The highest BCUT2D eigenvalue weighted by molar-refractivity contribution is 7.82. The zero-order valence-corrected chi connectivity index (χ0v) is 14.0. The summed E-state index contributed by atoms with van der Waals surface area (Å²) in [5.41, 5.74) is 8.23.